The molecule has 0 spiro atoms. The highest BCUT2D eigenvalue weighted by Crippen LogP contribution is 2.40. The second-order valence-electron chi connectivity index (χ2n) is 6.12. The van der Waals surface area contributed by atoms with Crippen LogP contribution in [-0.4, -0.2) is 15.2 Å². The van der Waals surface area contributed by atoms with Crippen molar-refractivity contribution in [3.8, 4) is 11.5 Å². The molecule has 112 valence electrons. The summed E-state index contributed by atoms with van der Waals surface area (Å²) in [7, 11) is 1.95. The first-order valence-electron chi connectivity index (χ1n) is 7.12. The topological polar surface area (TPSA) is 62.3 Å². The molecule has 2 heterocycles. The molecule has 0 aliphatic carbocycles. The smallest absolute Gasteiger partial charge is 0.146 e. The monoisotopic (exact) mass is 287 g/mol. The van der Waals surface area contributed by atoms with Crippen LogP contribution in [0.1, 0.15) is 37.7 Å². The van der Waals surface area contributed by atoms with E-state index >= 15 is 0 Å². The van der Waals surface area contributed by atoms with E-state index in [2.05, 4.69) is 18.8 Å². The van der Waals surface area contributed by atoms with E-state index in [0.29, 0.717) is 6.61 Å². The second-order valence-corrected chi connectivity index (χ2v) is 6.12. The summed E-state index contributed by atoms with van der Waals surface area (Å²) in [5.74, 6) is 2.46. The fourth-order valence-electron chi connectivity index (χ4n) is 2.66. The van der Waals surface area contributed by atoms with Crippen LogP contribution in [0, 0.1) is 0 Å². The quantitative estimate of drug-likeness (QED) is 0.942. The first kappa shape index (κ1) is 13.9. The third-order valence-corrected chi connectivity index (χ3v) is 3.77. The van der Waals surface area contributed by atoms with Crippen molar-refractivity contribution in [2.75, 3.05) is 0 Å². The van der Waals surface area contributed by atoms with Gasteiger partial charge in [0, 0.05) is 43.5 Å². The van der Waals surface area contributed by atoms with Gasteiger partial charge in [0.1, 0.15) is 29.5 Å². The van der Waals surface area contributed by atoms with Gasteiger partial charge < -0.3 is 19.8 Å². The molecule has 1 aromatic carbocycles. The van der Waals surface area contributed by atoms with Crippen molar-refractivity contribution in [2.45, 2.75) is 38.5 Å². The fourth-order valence-corrected chi connectivity index (χ4v) is 2.66. The summed E-state index contributed by atoms with van der Waals surface area (Å²) in [6.45, 7) is 4.53. The summed E-state index contributed by atoms with van der Waals surface area (Å²) in [6, 6.07) is 5.85. The summed E-state index contributed by atoms with van der Waals surface area (Å²) in [5.41, 5.74) is 7.00. The molecule has 0 amide bonds. The van der Waals surface area contributed by atoms with Gasteiger partial charge in [0.15, 0.2) is 0 Å². The van der Waals surface area contributed by atoms with Gasteiger partial charge in [-0.25, -0.2) is 4.98 Å². The molecule has 0 fully saturated rings. The van der Waals surface area contributed by atoms with Crippen molar-refractivity contribution < 1.29 is 9.47 Å². The number of aromatic nitrogens is 2. The highest BCUT2D eigenvalue weighted by molar-refractivity contribution is 5.44. The summed E-state index contributed by atoms with van der Waals surface area (Å²) in [4.78, 5) is 4.24. The van der Waals surface area contributed by atoms with Crippen molar-refractivity contribution in [1.29, 1.82) is 0 Å². The van der Waals surface area contributed by atoms with E-state index in [-0.39, 0.29) is 11.6 Å². The highest BCUT2D eigenvalue weighted by Gasteiger charge is 2.31. The van der Waals surface area contributed by atoms with E-state index in [1.54, 1.807) is 6.20 Å². The molecule has 1 aromatic heterocycles. The number of aryl methyl sites for hydroxylation is 1. The van der Waals surface area contributed by atoms with Gasteiger partial charge in [0.2, 0.25) is 0 Å². The zero-order valence-corrected chi connectivity index (χ0v) is 12.7. The summed E-state index contributed by atoms with van der Waals surface area (Å²) in [5, 5.41) is 0. The van der Waals surface area contributed by atoms with Crippen LogP contribution < -0.4 is 15.2 Å². The number of imidazole rings is 1. The Kier molecular flexibility index (Phi) is 3.37. The molecule has 1 unspecified atom stereocenters. The molecular formula is C16H21N3O2. The van der Waals surface area contributed by atoms with Crippen LogP contribution in [-0.2, 0) is 13.7 Å². The molecule has 1 aliphatic heterocycles. The molecule has 21 heavy (non-hydrogen) atoms. The molecule has 0 bridgehead atoms. The summed E-state index contributed by atoms with van der Waals surface area (Å²) >= 11 is 0. The molecule has 2 aromatic rings. The number of rotatable bonds is 3. The second kappa shape index (κ2) is 5.07. The minimum absolute atomic E-state index is 0.00680. The molecular weight excluding hydrogens is 266 g/mol. The third-order valence-electron chi connectivity index (χ3n) is 3.77. The van der Waals surface area contributed by atoms with Crippen molar-refractivity contribution in [1.82, 2.24) is 9.55 Å². The van der Waals surface area contributed by atoms with Gasteiger partial charge in [-0.2, -0.15) is 0 Å². The predicted molar refractivity (Wildman–Crippen MR) is 80.2 cm³/mol. The van der Waals surface area contributed by atoms with Crippen molar-refractivity contribution in [3.63, 3.8) is 0 Å². The molecule has 0 saturated heterocycles. The van der Waals surface area contributed by atoms with E-state index in [4.69, 9.17) is 15.2 Å². The van der Waals surface area contributed by atoms with E-state index in [1.807, 2.05) is 36.0 Å². The minimum Gasteiger partial charge on any atom is -0.487 e. The normalized spacial score (nSPS) is 19.7. The zero-order valence-electron chi connectivity index (χ0n) is 12.7. The third kappa shape index (κ3) is 2.88. The SMILES string of the molecule is Cn1ccnc1COc1ccc2c(c1)OC(C)(C)CC2N. The Balaban J connectivity index is 1.78. The van der Waals surface area contributed by atoms with Crippen LogP contribution >= 0.6 is 0 Å². The first-order valence-corrected chi connectivity index (χ1v) is 7.12. The number of fused-ring (bicyclic) bond motifs is 1. The minimum atomic E-state index is -0.245. The van der Waals surface area contributed by atoms with Crippen molar-refractivity contribution in [3.05, 3.63) is 42.0 Å². The Morgan fingerprint density at radius 2 is 2.29 bits per heavy atom. The average Bonchev–Trinajstić information content (AvgIpc) is 2.80. The maximum atomic E-state index is 6.21. The molecule has 3 rings (SSSR count). The molecule has 0 radical (unpaired) electrons. The molecule has 5 nitrogen and oxygen atoms in total. The molecule has 1 atom stereocenters. The summed E-state index contributed by atoms with van der Waals surface area (Å²) < 4.78 is 13.7. The Labute approximate surface area is 124 Å². The standard InChI is InChI=1S/C16H21N3O2/c1-16(2)9-13(17)12-5-4-11(8-14(12)21-16)20-10-15-18-6-7-19(15)3/h4-8,13H,9-10,17H2,1-3H3. The van der Waals surface area contributed by atoms with Crippen LogP contribution in [0.2, 0.25) is 0 Å². The van der Waals surface area contributed by atoms with Gasteiger partial charge in [-0.15, -0.1) is 0 Å². The van der Waals surface area contributed by atoms with Crippen molar-refractivity contribution in [2.24, 2.45) is 12.8 Å². The number of hydrogen-bond acceptors (Lipinski definition) is 4. The number of hydrogen-bond donors (Lipinski definition) is 1. The fraction of sp³-hybridized carbons (Fsp3) is 0.438. The maximum Gasteiger partial charge on any atom is 0.146 e. The number of nitrogens with zero attached hydrogens (tertiary/aromatic N) is 2. The molecule has 5 heteroatoms. The van der Waals surface area contributed by atoms with Gasteiger partial charge in [0.05, 0.1) is 0 Å². The van der Waals surface area contributed by atoms with Gasteiger partial charge >= 0.3 is 0 Å². The lowest BCUT2D eigenvalue weighted by Gasteiger charge is -2.36. The Morgan fingerprint density at radius 1 is 1.48 bits per heavy atom. The summed E-state index contributed by atoms with van der Waals surface area (Å²) in [6.07, 6.45) is 4.47. The van der Waals surface area contributed by atoms with Crippen LogP contribution in [0.15, 0.2) is 30.6 Å². The van der Waals surface area contributed by atoms with Crippen LogP contribution in [0.3, 0.4) is 0 Å². The lowest BCUT2D eigenvalue weighted by molar-refractivity contribution is 0.0724. The lowest BCUT2D eigenvalue weighted by atomic mass is 9.90. The first-order chi connectivity index (χ1) is 9.94. The van der Waals surface area contributed by atoms with E-state index in [1.165, 1.54) is 0 Å². The lowest BCUT2D eigenvalue weighted by Crippen LogP contribution is -2.37. The van der Waals surface area contributed by atoms with Gasteiger partial charge in [0.25, 0.3) is 0 Å². The highest BCUT2D eigenvalue weighted by atomic mass is 16.5. The predicted octanol–water partition coefficient (Wildman–Crippen LogP) is 2.56. The Hall–Kier alpha value is -2.01. The molecule has 0 saturated carbocycles. The van der Waals surface area contributed by atoms with Crippen LogP contribution in [0.5, 0.6) is 11.5 Å². The maximum absolute atomic E-state index is 6.21. The van der Waals surface area contributed by atoms with Gasteiger partial charge in [-0.1, -0.05) is 6.07 Å². The number of ether oxygens (including phenoxy) is 2. The van der Waals surface area contributed by atoms with Crippen molar-refractivity contribution >= 4 is 0 Å². The van der Waals surface area contributed by atoms with Crippen LogP contribution in [0.4, 0.5) is 0 Å². The Morgan fingerprint density at radius 3 is 3.00 bits per heavy atom. The average molecular weight is 287 g/mol. The largest absolute Gasteiger partial charge is 0.487 e. The van der Waals surface area contributed by atoms with E-state index in [0.717, 1.165) is 29.3 Å². The van der Waals surface area contributed by atoms with E-state index < -0.39 is 0 Å². The van der Waals surface area contributed by atoms with Crippen LogP contribution in [0.25, 0.3) is 0 Å². The molecule has 2 N–H and O–H groups in total. The number of benzene rings is 1. The van der Waals surface area contributed by atoms with Gasteiger partial charge in [-0.05, 0) is 19.9 Å². The molecule has 1 aliphatic rings. The zero-order chi connectivity index (χ0) is 15.0. The number of nitrogens with two attached hydrogens (primary N) is 1. The van der Waals surface area contributed by atoms with Gasteiger partial charge in [-0.3, -0.25) is 0 Å². The van der Waals surface area contributed by atoms with E-state index in [9.17, 15) is 0 Å². The Bertz CT molecular complexity index is 649.